The maximum Gasteiger partial charge on any atom is 0.00162 e. The topological polar surface area (TPSA) is 52.0 Å². The summed E-state index contributed by atoms with van der Waals surface area (Å²) < 4.78 is 0. The quantitative estimate of drug-likeness (QED) is 0.655. The third-order valence-electron chi connectivity index (χ3n) is 1.74. The Balaban J connectivity index is 0.000000561. The van der Waals surface area contributed by atoms with Gasteiger partial charge in [0.15, 0.2) is 0 Å². The highest BCUT2D eigenvalue weighted by Crippen LogP contribution is 2.16. The van der Waals surface area contributed by atoms with E-state index in [1.807, 2.05) is 0 Å². The smallest absolute Gasteiger partial charge is 0.00162 e. The highest BCUT2D eigenvalue weighted by atomic mass is 14.6. The van der Waals surface area contributed by atoms with Crippen molar-refractivity contribution in [1.29, 1.82) is 0 Å². The SMILES string of the molecule is CC(N)CC1C=CC=CC1.CN. The second-order valence-electron chi connectivity index (χ2n) is 3.02. The Morgan fingerprint density at radius 2 is 2.08 bits per heavy atom. The van der Waals surface area contributed by atoms with Crippen LogP contribution >= 0.6 is 0 Å². The first-order chi connectivity index (χ1) is 5.79. The van der Waals surface area contributed by atoms with Gasteiger partial charge >= 0.3 is 0 Å². The first-order valence-electron chi connectivity index (χ1n) is 4.45. The summed E-state index contributed by atoms with van der Waals surface area (Å²) in [6, 6.07) is 0.334. The summed E-state index contributed by atoms with van der Waals surface area (Å²) >= 11 is 0. The van der Waals surface area contributed by atoms with Crippen LogP contribution in [0, 0.1) is 5.92 Å². The van der Waals surface area contributed by atoms with E-state index < -0.39 is 0 Å². The van der Waals surface area contributed by atoms with Crippen molar-refractivity contribution in [3.8, 4) is 0 Å². The van der Waals surface area contributed by atoms with Crippen LogP contribution in [0.2, 0.25) is 0 Å². The van der Waals surface area contributed by atoms with Gasteiger partial charge in [-0.2, -0.15) is 0 Å². The molecule has 0 saturated heterocycles. The fourth-order valence-electron chi connectivity index (χ4n) is 1.28. The molecule has 70 valence electrons. The lowest BCUT2D eigenvalue weighted by molar-refractivity contribution is 0.528. The Labute approximate surface area is 75.3 Å². The molecule has 0 heterocycles. The van der Waals surface area contributed by atoms with E-state index >= 15 is 0 Å². The molecule has 4 N–H and O–H groups in total. The van der Waals surface area contributed by atoms with Gasteiger partial charge in [0.05, 0.1) is 0 Å². The largest absolute Gasteiger partial charge is 0.333 e. The van der Waals surface area contributed by atoms with Crippen LogP contribution in [-0.4, -0.2) is 13.1 Å². The summed E-state index contributed by atoms with van der Waals surface area (Å²) in [4.78, 5) is 0. The second kappa shape index (κ2) is 7.07. The third-order valence-corrected chi connectivity index (χ3v) is 1.74. The Morgan fingerprint density at radius 1 is 1.42 bits per heavy atom. The van der Waals surface area contributed by atoms with Gasteiger partial charge in [-0.3, -0.25) is 0 Å². The zero-order valence-corrected chi connectivity index (χ0v) is 8.03. The Kier molecular flexibility index (Phi) is 6.72. The van der Waals surface area contributed by atoms with Crippen molar-refractivity contribution in [1.82, 2.24) is 0 Å². The van der Waals surface area contributed by atoms with E-state index in [0.29, 0.717) is 12.0 Å². The zero-order chi connectivity index (χ0) is 9.40. The van der Waals surface area contributed by atoms with Gasteiger partial charge in [0.1, 0.15) is 0 Å². The monoisotopic (exact) mass is 168 g/mol. The molecule has 1 aliphatic carbocycles. The molecule has 0 amide bonds. The van der Waals surface area contributed by atoms with Crippen LogP contribution in [0.3, 0.4) is 0 Å². The zero-order valence-electron chi connectivity index (χ0n) is 8.03. The van der Waals surface area contributed by atoms with E-state index in [9.17, 15) is 0 Å². The molecule has 0 aromatic rings. The summed E-state index contributed by atoms with van der Waals surface area (Å²) in [5.41, 5.74) is 10.2. The van der Waals surface area contributed by atoms with Crippen LogP contribution < -0.4 is 11.5 Å². The number of hydrogen-bond donors (Lipinski definition) is 2. The molecule has 2 atom stereocenters. The van der Waals surface area contributed by atoms with Gasteiger partial charge in [-0.1, -0.05) is 24.3 Å². The summed E-state index contributed by atoms with van der Waals surface area (Å²) in [7, 11) is 1.50. The summed E-state index contributed by atoms with van der Waals surface area (Å²) in [6.07, 6.45) is 10.9. The lowest BCUT2D eigenvalue weighted by Crippen LogP contribution is -2.18. The molecular formula is C10H20N2. The van der Waals surface area contributed by atoms with E-state index in [1.54, 1.807) is 0 Å². The minimum Gasteiger partial charge on any atom is -0.333 e. The Morgan fingerprint density at radius 3 is 2.50 bits per heavy atom. The van der Waals surface area contributed by atoms with E-state index in [2.05, 4.69) is 37.0 Å². The van der Waals surface area contributed by atoms with Gasteiger partial charge in [-0.25, -0.2) is 0 Å². The number of allylic oxidation sites excluding steroid dienone is 4. The highest BCUT2D eigenvalue weighted by Gasteiger charge is 2.06. The number of hydrogen-bond acceptors (Lipinski definition) is 2. The lowest BCUT2D eigenvalue weighted by Gasteiger charge is -2.14. The fourth-order valence-corrected chi connectivity index (χ4v) is 1.28. The predicted molar refractivity (Wildman–Crippen MR) is 54.8 cm³/mol. The number of nitrogens with two attached hydrogens (primary N) is 2. The van der Waals surface area contributed by atoms with Crippen molar-refractivity contribution >= 4 is 0 Å². The van der Waals surface area contributed by atoms with Crippen LogP contribution in [0.4, 0.5) is 0 Å². The fraction of sp³-hybridized carbons (Fsp3) is 0.600. The van der Waals surface area contributed by atoms with Crippen molar-refractivity contribution in [2.45, 2.75) is 25.8 Å². The standard InChI is InChI=1S/C9H15N.CH5N/c1-8(10)7-9-5-3-2-4-6-9;1-2/h2-5,8-9H,6-7,10H2,1H3;2H2,1H3. The van der Waals surface area contributed by atoms with Gasteiger partial charge in [0.25, 0.3) is 0 Å². The van der Waals surface area contributed by atoms with E-state index in [-0.39, 0.29) is 0 Å². The van der Waals surface area contributed by atoms with Crippen LogP contribution in [-0.2, 0) is 0 Å². The Bertz CT molecular complexity index is 148. The third kappa shape index (κ3) is 5.10. The Hall–Kier alpha value is -0.600. The van der Waals surface area contributed by atoms with Gasteiger partial charge in [-0.15, -0.1) is 0 Å². The van der Waals surface area contributed by atoms with Crippen LogP contribution in [0.5, 0.6) is 0 Å². The van der Waals surface area contributed by atoms with Crippen molar-refractivity contribution in [2.24, 2.45) is 17.4 Å². The molecule has 1 rings (SSSR count). The molecule has 1 aliphatic rings. The highest BCUT2D eigenvalue weighted by molar-refractivity contribution is 5.10. The first kappa shape index (κ1) is 11.4. The average molecular weight is 168 g/mol. The minimum absolute atomic E-state index is 0.334. The van der Waals surface area contributed by atoms with E-state index in [1.165, 1.54) is 7.05 Å². The van der Waals surface area contributed by atoms with Gasteiger partial charge < -0.3 is 11.5 Å². The summed E-state index contributed by atoms with van der Waals surface area (Å²) in [5, 5.41) is 0. The molecule has 0 radical (unpaired) electrons. The molecule has 0 aromatic heterocycles. The van der Waals surface area contributed by atoms with Gasteiger partial charge in [0, 0.05) is 6.04 Å². The molecule has 0 aliphatic heterocycles. The maximum absolute atomic E-state index is 5.67. The molecule has 0 saturated carbocycles. The lowest BCUT2D eigenvalue weighted by atomic mass is 9.94. The predicted octanol–water partition coefficient (Wildman–Crippen LogP) is 1.43. The van der Waals surface area contributed by atoms with Crippen molar-refractivity contribution in [3.05, 3.63) is 24.3 Å². The van der Waals surface area contributed by atoms with Crippen LogP contribution in [0.25, 0.3) is 0 Å². The van der Waals surface area contributed by atoms with E-state index in [0.717, 1.165) is 12.8 Å². The molecule has 2 heteroatoms. The average Bonchev–Trinajstić information content (AvgIpc) is 2.08. The van der Waals surface area contributed by atoms with Crippen LogP contribution in [0.1, 0.15) is 19.8 Å². The molecule has 0 bridgehead atoms. The van der Waals surface area contributed by atoms with Gasteiger partial charge in [0.2, 0.25) is 0 Å². The van der Waals surface area contributed by atoms with Crippen LogP contribution in [0.15, 0.2) is 24.3 Å². The molecule has 0 spiro atoms. The van der Waals surface area contributed by atoms with E-state index in [4.69, 9.17) is 5.73 Å². The van der Waals surface area contributed by atoms with Crippen molar-refractivity contribution in [2.75, 3.05) is 7.05 Å². The molecule has 2 nitrogen and oxygen atoms in total. The molecule has 0 aromatic carbocycles. The molecule has 2 unspecified atom stereocenters. The minimum atomic E-state index is 0.334. The summed E-state index contributed by atoms with van der Waals surface area (Å²) in [6.45, 7) is 2.06. The molecular weight excluding hydrogens is 148 g/mol. The summed E-state index contributed by atoms with van der Waals surface area (Å²) in [5.74, 6) is 0.685. The maximum atomic E-state index is 5.67. The first-order valence-corrected chi connectivity index (χ1v) is 4.45. The molecule has 0 fully saturated rings. The second-order valence-corrected chi connectivity index (χ2v) is 3.02. The van der Waals surface area contributed by atoms with Crippen molar-refractivity contribution < 1.29 is 0 Å². The van der Waals surface area contributed by atoms with Gasteiger partial charge in [-0.05, 0) is 32.7 Å². The molecule has 12 heavy (non-hydrogen) atoms. The number of rotatable bonds is 2. The van der Waals surface area contributed by atoms with Crippen molar-refractivity contribution in [3.63, 3.8) is 0 Å². The normalized spacial score (nSPS) is 22.8.